The van der Waals surface area contributed by atoms with Crippen LogP contribution in [0.3, 0.4) is 0 Å². The molecule has 2 aromatic rings. The highest BCUT2D eigenvalue weighted by Gasteiger charge is 2.47. The van der Waals surface area contributed by atoms with Crippen molar-refractivity contribution < 1.29 is 19.1 Å². The molecule has 168 valence electrons. The van der Waals surface area contributed by atoms with Crippen molar-refractivity contribution >= 4 is 29.7 Å². The topological polar surface area (TPSA) is 59.1 Å². The van der Waals surface area contributed by atoms with Gasteiger partial charge in [-0.25, -0.2) is 0 Å². The zero-order chi connectivity index (χ0) is 22.6. The van der Waals surface area contributed by atoms with E-state index in [4.69, 9.17) is 9.47 Å². The molecule has 2 fully saturated rings. The number of benzene rings is 2. The predicted molar refractivity (Wildman–Crippen MR) is 127 cm³/mol. The molecule has 4 rings (SSSR count). The van der Waals surface area contributed by atoms with Crippen LogP contribution in [0.4, 0.5) is 0 Å². The maximum absolute atomic E-state index is 13.4. The quantitative estimate of drug-likeness (QED) is 0.644. The van der Waals surface area contributed by atoms with Crippen LogP contribution in [-0.2, 0) is 4.79 Å². The number of nitrogens with zero attached hydrogens (tertiary/aromatic N) is 2. The van der Waals surface area contributed by atoms with Crippen LogP contribution in [0.2, 0.25) is 0 Å². The molecule has 1 spiro atoms. The monoisotopic (exact) mass is 452 g/mol. The lowest BCUT2D eigenvalue weighted by molar-refractivity contribution is -0.127. The molecule has 6 nitrogen and oxygen atoms in total. The van der Waals surface area contributed by atoms with Crippen molar-refractivity contribution in [1.29, 1.82) is 0 Å². The van der Waals surface area contributed by atoms with E-state index in [1.54, 1.807) is 38.5 Å². The lowest BCUT2D eigenvalue weighted by Gasteiger charge is -2.44. The molecule has 0 aromatic heterocycles. The highest BCUT2D eigenvalue weighted by atomic mass is 32.2. The Bertz CT molecular complexity index is 978. The molecule has 2 amide bonds. The van der Waals surface area contributed by atoms with Crippen LogP contribution in [-0.4, -0.2) is 66.1 Å². The third-order valence-corrected chi connectivity index (χ3v) is 7.65. The van der Waals surface area contributed by atoms with E-state index in [-0.39, 0.29) is 16.7 Å². The van der Waals surface area contributed by atoms with Crippen molar-refractivity contribution in [2.24, 2.45) is 0 Å². The standard InChI is InChI=1S/C25H28N2O4S/c1-30-21-16-20(17-22(18-21)31-2)24(29)27-14-15-32-25(27)10-12-26(13-11-25)23(28)9-8-19-6-4-3-5-7-19/h3-9,16-18H,10-15H2,1-2H3/b9-8+. The van der Waals surface area contributed by atoms with Gasteiger partial charge in [-0.05, 0) is 36.6 Å². The van der Waals surface area contributed by atoms with E-state index in [1.165, 1.54) is 0 Å². The van der Waals surface area contributed by atoms with Gasteiger partial charge in [0.1, 0.15) is 11.5 Å². The molecular weight excluding hydrogens is 424 g/mol. The smallest absolute Gasteiger partial charge is 0.255 e. The average molecular weight is 453 g/mol. The Labute approximate surface area is 193 Å². The molecule has 2 aromatic carbocycles. The minimum Gasteiger partial charge on any atom is -0.497 e. The van der Waals surface area contributed by atoms with Gasteiger partial charge in [-0.2, -0.15) is 0 Å². The van der Waals surface area contributed by atoms with Gasteiger partial charge in [-0.1, -0.05) is 30.3 Å². The predicted octanol–water partition coefficient (Wildman–Crippen LogP) is 3.92. The molecule has 0 bridgehead atoms. The van der Waals surface area contributed by atoms with Crippen molar-refractivity contribution in [2.45, 2.75) is 17.7 Å². The maximum atomic E-state index is 13.4. The number of ether oxygens (including phenoxy) is 2. The highest BCUT2D eigenvalue weighted by molar-refractivity contribution is 8.00. The van der Waals surface area contributed by atoms with E-state index < -0.39 is 0 Å². The Balaban J connectivity index is 1.44. The number of rotatable bonds is 5. The van der Waals surface area contributed by atoms with Crippen LogP contribution in [0.5, 0.6) is 11.5 Å². The van der Waals surface area contributed by atoms with Gasteiger partial charge >= 0.3 is 0 Å². The summed E-state index contributed by atoms with van der Waals surface area (Å²) in [5.41, 5.74) is 1.57. The van der Waals surface area contributed by atoms with E-state index >= 15 is 0 Å². The van der Waals surface area contributed by atoms with Gasteiger partial charge < -0.3 is 19.3 Å². The van der Waals surface area contributed by atoms with Gasteiger partial charge in [0.05, 0.1) is 19.1 Å². The number of thioether (sulfide) groups is 1. The minimum absolute atomic E-state index is 0.0158. The average Bonchev–Trinajstić information content (AvgIpc) is 3.25. The van der Waals surface area contributed by atoms with Gasteiger partial charge in [0.25, 0.3) is 5.91 Å². The number of hydrogen-bond donors (Lipinski definition) is 0. The molecule has 32 heavy (non-hydrogen) atoms. The third-order valence-electron chi connectivity index (χ3n) is 6.10. The summed E-state index contributed by atoms with van der Waals surface area (Å²) >= 11 is 1.83. The fourth-order valence-electron chi connectivity index (χ4n) is 4.31. The Morgan fingerprint density at radius 3 is 2.25 bits per heavy atom. The molecule has 0 aliphatic carbocycles. The first-order chi connectivity index (χ1) is 15.5. The van der Waals surface area contributed by atoms with Gasteiger partial charge in [0.15, 0.2) is 0 Å². The van der Waals surface area contributed by atoms with E-state index in [9.17, 15) is 9.59 Å². The zero-order valence-electron chi connectivity index (χ0n) is 18.5. The molecule has 2 aliphatic heterocycles. The highest BCUT2D eigenvalue weighted by Crippen LogP contribution is 2.45. The largest absolute Gasteiger partial charge is 0.497 e. The van der Waals surface area contributed by atoms with Gasteiger partial charge in [-0.3, -0.25) is 9.59 Å². The first kappa shape index (κ1) is 22.3. The molecule has 0 saturated carbocycles. The molecule has 0 atom stereocenters. The zero-order valence-corrected chi connectivity index (χ0v) is 19.3. The molecule has 7 heteroatoms. The van der Waals surface area contributed by atoms with Crippen LogP contribution in [0, 0.1) is 0 Å². The van der Waals surface area contributed by atoms with Crippen molar-refractivity contribution in [3.05, 3.63) is 65.7 Å². The summed E-state index contributed by atoms with van der Waals surface area (Å²) in [5.74, 6) is 2.09. The normalized spacial score (nSPS) is 17.7. The van der Waals surface area contributed by atoms with Crippen LogP contribution >= 0.6 is 11.8 Å². The minimum atomic E-state index is -0.271. The van der Waals surface area contributed by atoms with Crippen LogP contribution in [0.25, 0.3) is 6.08 Å². The van der Waals surface area contributed by atoms with E-state index in [1.807, 2.05) is 58.0 Å². The summed E-state index contributed by atoms with van der Waals surface area (Å²) in [6.45, 7) is 1.97. The number of piperidine rings is 1. The van der Waals surface area contributed by atoms with Crippen molar-refractivity contribution in [3.63, 3.8) is 0 Å². The van der Waals surface area contributed by atoms with Crippen LogP contribution in [0.1, 0.15) is 28.8 Å². The van der Waals surface area contributed by atoms with Crippen molar-refractivity contribution in [1.82, 2.24) is 9.80 Å². The van der Waals surface area contributed by atoms with Crippen LogP contribution in [0.15, 0.2) is 54.6 Å². The summed E-state index contributed by atoms with van der Waals surface area (Å²) in [5, 5.41) is 0. The molecule has 0 unspecified atom stereocenters. The summed E-state index contributed by atoms with van der Waals surface area (Å²) in [6, 6.07) is 15.1. The fraction of sp³-hybridized carbons (Fsp3) is 0.360. The second kappa shape index (κ2) is 9.69. The number of methoxy groups -OCH3 is 2. The van der Waals surface area contributed by atoms with Gasteiger partial charge in [0.2, 0.25) is 5.91 Å². The maximum Gasteiger partial charge on any atom is 0.255 e. The summed E-state index contributed by atoms with van der Waals surface area (Å²) < 4.78 is 10.7. The molecule has 2 saturated heterocycles. The number of carbonyl (C=O) groups is 2. The Morgan fingerprint density at radius 1 is 0.969 bits per heavy atom. The van der Waals surface area contributed by atoms with E-state index in [2.05, 4.69) is 0 Å². The van der Waals surface area contributed by atoms with Gasteiger partial charge in [0, 0.05) is 43.1 Å². The first-order valence-corrected chi connectivity index (χ1v) is 11.7. The molecule has 2 heterocycles. The molecular formula is C25H28N2O4S. The summed E-state index contributed by atoms with van der Waals surface area (Å²) in [7, 11) is 3.16. The van der Waals surface area contributed by atoms with E-state index in [0.29, 0.717) is 36.7 Å². The van der Waals surface area contributed by atoms with Gasteiger partial charge in [-0.15, -0.1) is 11.8 Å². The Hall–Kier alpha value is -2.93. The van der Waals surface area contributed by atoms with Crippen molar-refractivity contribution in [3.8, 4) is 11.5 Å². The lowest BCUT2D eigenvalue weighted by atomic mass is 10.0. The lowest BCUT2D eigenvalue weighted by Crippen LogP contribution is -2.53. The fourth-order valence-corrected chi connectivity index (χ4v) is 5.76. The van der Waals surface area contributed by atoms with Crippen LogP contribution < -0.4 is 9.47 Å². The Morgan fingerprint density at radius 2 is 1.62 bits per heavy atom. The Kier molecular flexibility index (Phi) is 6.74. The first-order valence-electron chi connectivity index (χ1n) is 10.8. The SMILES string of the molecule is COc1cc(OC)cc(C(=O)N2CCSC23CCN(C(=O)/C=C/c2ccccc2)CC3)c1. The summed E-state index contributed by atoms with van der Waals surface area (Å²) in [6.07, 6.45) is 5.01. The number of hydrogen-bond acceptors (Lipinski definition) is 5. The summed E-state index contributed by atoms with van der Waals surface area (Å²) in [4.78, 5) is 29.7. The molecule has 0 radical (unpaired) electrons. The van der Waals surface area contributed by atoms with Crippen molar-refractivity contribution in [2.75, 3.05) is 39.6 Å². The third kappa shape index (κ3) is 4.63. The number of likely N-dealkylation sites (tertiary alicyclic amines) is 1. The van der Waals surface area contributed by atoms with E-state index in [0.717, 1.165) is 24.2 Å². The molecule has 0 N–H and O–H groups in total. The second-order valence-corrected chi connectivity index (χ2v) is 9.38. The second-order valence-electron chi connectivity index (χ2n) is 7.92. The number of amides is 2. The number of carbonyl (C=O) groups excluding carboxylic acids is 2. The molecule has 2 aliphatic rings.